The van der Waals surface area contributed by atoms with E-state index >= 15 is 0 Å². The lowest BCUT2D eigenvalue weighted by Gasteiger charge is -2.37. The third-order valence-electron chi connectivity index (χ3n) is 4.52. The van der Waals surface area contributed by atoms with Gasteiger partial charge in [-0.25, -0.2) is 0 Å². The van der Waals surface area contributed by atoms with Gasteiger partial charge in [-0.3, -0.25) is 4.99 Å². The number of nitrogens with one attached hydrogen (secondary N) is 2. The third-order valence-corrected chi connectivity index (χ3v) is 5.45. The first kappa shape index (κ1) is 16.6. The number of ether oxygens (including phenoxy) is 1. The molecule has 1 aromatic heterocycles. The minimum absolute atomic E-state index is 0.227. The summed E-state index contributed by atoms with van der Waals surface area (Å²) in [4.78, 5) is 7.26. The van der Waals surface area contributed by atoms with E-state index in [4.69, 9.17) is 9.73 Å². The molecule has 0 unspecified atom stereocenters. The van der Waals surface area contributed by atoms with Crippen molar-refractivity contribution in [1.82, 2.24) is 10.6 Å². The monoisotopic (exact) mass is 336 g/mol. The molecule has 0 aliphatic carbocycles. The highest BCUT2D eigenvalue weighted by Gasteiger charge is 2.33. The molecule has 2 saturated heterocycles. The van der Waals surface area contributed by atoms with Crippen LogP contribution in [0, 0.1) is 5.41 Å². The van der Waals surface area contributed by atoms with Crippen LogP contribution in [-0.4, -0.2) is 51.4 Å². The number of hydrogen-bond donors (Lipinski definition) is 2. The summed E-state index contributed by atoms with van der Waals surface area (Å²) < 4.78 is 5.31. The molecule has 6 heteroatoms. The molecule has 5 nitrogen and oxygen atoms in total. The molecule has 0 atom stereocenters. The molecule has 128 valence electrons. The number of thiophene rings is 1. The van der Waals surface area contributed by atoms with Gasteiger partial charge in [-0.05, 0) is 37.3 Å². The molecule has 0 amide bonds. The van der Waals surface area contributed by atoms with E-state index in [0.717, 1.165) is 58.2 Å². The van der Waals surface area contributed by atoms with Gasteiger partial charge in [-0.15, -0.1) is 11.3 Å². The summed E-state index contributed by atoms with van der Waals surface area (Å²) in [7, 11) is 0. The molecule has 0 saturated carbocycles. The summed E-state index contributed by atoms with van der Waals surface area (Å²) in [6.07, 6.45) is 2.31. The fourth-order valence-corrected chi connectivity index (χ4v) is 3.80. The first-order valence-corrected chi connectivity index (χ1v) is 9.47. The van der Waals surface area contributed by atoms with Crippen LogP contribution < -0.4 is 15.5 Å². The van der Waals surface area contributed by atoms with Crippen LogP contribution in [0.1, 0.15) is 26.7 Å². The van der Waals surface area contributed by atoms with E-state index in [-0.39, 0.29) is 5.41 Å². The van der Waals surface area contributed by atoms with Crippen LogP contribution in [0.25, 0.3) is 0 Å². The summed E-state index contributed by atoms with van der Waals surface area (Å²) in [5.41, 5.74) is 0.227. The summed E-state index contributed by atoms with van der Waals surface area (Å²) in [6.45, 7) is 9.97. The van der Waals surface area contributed by atoms with Crippen LogP contribution in [0.4, 0.5) is 5.00 Å². The van der Waals surface area contributed by atoms with Crippen molar-refractivity contribution in [2.75, 3.05) is 44.3 Å². The largest absolute Gasteiger partial charge is 0.380 e. The fourth-order valence-electron chi connectivity index (χ4n) is 3.02. The molecular weight excluding hydrogens is 308 g/mol. The number of nitrogens with zero attached hydrogens (tertiary/aromatic N) is 2. The van der Waals surface area contributed by atoms with Gasteiger partial charge in [0.1, 0.15) is 0 Å². The quantitative estimate of drug-likeness (QED) is 0.640. The minimum atomic E-state index is 0.227. The van der Waals surface area contributed by atoms with E-state index in [0.29, 0.717) is 6.04 Å². The van der Waals surface area contributed by atoms with Crippen molar-refractivity contribution in [3.63, 3.8) is 0 Å². The molecule has 2 aliphatic heterocycles. The zero-order chi connectivity index (χ0) is 16.1. The fraction of sp³-hybridized carbons (Fsp3) is 0.706. The molecule has 2 N–H and O–H groups in total. The molecule has 1 aromatic rings. The Morgan fingerprint density at radius 1 is 1.43 bits per heavy atom. The minimum Gasteiger partial charge on any atom is -0.380 e. The second kappa shape index (κ2) is 7.53. The number of piperidine rings is 1. The lowest BCUT2D eigenvalue weighted by Crippen LogP contribution is -2.49. The van der Waals surface area contributed by atoms with Crippen molar-refractivity contribution >= 4 is 22.3 Å². The van der Waals surface area contributed by atoms with Gasteiger partial charge in [0.2, 0.25) is 0 Å². The van der Waals surface area contributed by atoms with E-state index < -0.39 is 0 Å². The number of anilines is 1. The Hall–Kier alpha value is -1.27. The summed E-state index contributed by atoms with van der Waals surface area (Å²) in [5.74, 6) is 0.954. The summed E-state index contributed by atoms with van der Waals surface area (Å²) in [5, 5.41) is 10.5. The highest BCUT2D eigenvalue weighted by atomic mass is 32.1. The lowest BCUT2D eigenvalue weighted by molar-refractivity contribution is -0.0945. The van der Waals surface area contributed by atoms with E-state index in [1.54, 1.807) is 0 Å². The molecule has 3 heterocycles. The second-order valence-electron chi connectivity index (χ2n) is 6.86. The molecule has 0 bridgehead atoms. The number of rotatable bonds is 5. The number of guanidine groups is 1. The highest BCUT2D eigenvalue weighted by Crippen LogP contribution is 2.27. The Labute approximate surface area is 143 Å². The molecule has 3 rings (SSSR count). The number of hydrogen-bond acceptors (Lipinski definition) is 4. The van der Waals surface area contributed by atoms with Crippen LogP contribution in [0.15, 0.2) is 22.5 Å². The van der Waals surface area contributed by atoms with Crippen LogP contribution in [0.2, 0.25) is 0 Å². The first-order valence-electron chi connectivity index (χ1n) is 8.59. The van der Waals surface area contributed by atoms with E-state index in [2.05, 4.69) is 46.9 Å². The molecular formula is C17H28N4OS. The van der Waals surface area contributed by atoms with Gasteiger partial charge in [0.15, 0.2) is 5.96 Å². The topological polar surface area (TPSA) is 48.9 Å². The summed E-state index contributed by atoms with van der Waals surface area (Å²) in [6, 6.07) is 4.85. The SMILES string of the molecule is CCNC(=NCC1(C)COC1)NC1CCN(c2cccs2)CC1. The zero-order valence-electron chi connectivity index (χ0n) is 14.2. The Kier molecular flexibility index (Phi) is 5.43. The maximum atomic E-state index is 5.31. The van der Waals surface area contributed by atoms with E-state index in [1.165, 1.54) is 5.00 Å². The number of aliphatic imine (C=N–C) groups is 1. The second-order valence-corrected chi connectivity index (χ2v) is 7.78. The Morgan fingerprint density at radius 3 is 2.78 bits per heavy atom. The molecule has 0 spiro atoms. The van der Waals surface area contributed by atoms with Crippen LogP contribution in [0.3, 0.4) is 0 Å². The standard InChI is InChI=1S/C17H28N4OS/c1-3-18-16(19-11-17(2)12-22-13-17)20-14-6-8-21(9-7-14)15-5-4-10-23-15/h4-5,10,14H,3,6-9,11-13H2,1-2H3,(H2,18,19,20). The smallest absolute Gasteiger partial charge is 0.191 e. The zero-order valence-corrected chi connectivity index (χ0v) is 15.0. The van der Waals surface area contributed by atoms with Crippen molar-refractivity contribution in [1.29, 1.82) is 0 Å². The van der Waals surface area contributed by atoms with Crippen molar-refractivity contribution < 1.29 is 4.74 Å². The average Bonchev–Trinajstić information content (AvgIpc) is 3.06. The Morgan fingerprint density at radius 2 is 2.22 bits per heavy atom. The van der Waals surface area contributed by atoms with Crippen molar-refractivity contribution in [2.24, 2.45) is 10.4 Å². The maximum absolute atomic E-state index is 5.31. The lowest BCUT2D eigenvalue weighted by atomic mass is 9.89. The van der Waals surface area contributed by atoms with Crippen LogP contribution in [-0.2, 0) is 4.74 Å². The van der Waals surface area contributed by atoms with Gasteiger partial charge >= 0.3 is 0 Å². The Bertz CT molecular complexity index is 505. The van der Waals surface area contributed by atoms with Crippen molar-refractivity contribution in [2.45, 2.75) is 32.7 Å². The molecule has 2 fully saturated rings. The van der Waals surface area contributed by atoms with E-state index in [9.17, 15) is 0 Å². The van der Waals surface area contributed by atoms with Gasteiger partial charge in [0, 0.05) is 31.1 Å². The third kappa shape index (κ3) is 4.38. The van der Waals surface area contributed by atoms with Crippen LogP contribution in [0.5, 0.6) is 0 Å². The predicted octanol–water partition coefficient (Wildman–Crippen LogP) is 2.31. The van der Waals surface area contributed by atoms with Crippen LogP contribution >= 0.6 is 11.3 Å². The van der Waals surface area contributed by atoms with Gasteiger partial charge in [0.25, 0.3) is 0 Å². The maximum Gasteiger partial charge on any atom is 0.191 e. The predicted molar refractivity (Wildman–Crippen MR) is 97.6 cm³/mol. The molecule has 0 aromatic carbocycles. The van der Waals surface area contributed by atoms with Crippen molar-refractivity contribution in [3.05, 3.63) is 17.5 Å². The van der Waals surface area contributed by atoms with Crippen molar-refractivity contribution in [3.8, 4) is 0 Å². The normalized spacial score (nSPS) is 21.8. The van der Waals surface area contributed by atoms with Gasteiger partial charge < -0.3 is 20.3 Å². The molecule has 0 radical (unpaired) electrons. The van der Waals surface area contributed by atoms with E-state index in [1.807, 2.05) is 11.3 Å². The molecule has 23 heavy (non-hydrogen) atoms. The van der Waals surface area contributed by atoms with Gasteiger partial charge in [0.05, 0.1) is 24.8 Å². The Balaban J connectivity index is 1.49. The highest BCUT2D eigenvalue weighted by molar-refractivity contribution is 7.14. The molecule has 2 aliphatic rings. The van der Waals surface area contributed by atoms with Gasteiger partial charge in [-0.1, -0.05) is 6.92 Å². The average molecular weight is 337 g/mol. The summed E-state index contributed by atoms with van der Waals surface area (Å²) >= 11 is 1.83. The first-order chi connectivity index (χ1) is 11.2. The van der Waals surface area contributed by atoms with Gasteiger partial charge in [-0.2, -0.15) is 0 Å².